The van der Waals surface area contributed by atoms with Crippen molar-refractivity contribution in [3.63, 3.8) is 0 Å². The Bertz CT molecular complexity index is 633. The zero-order chi connectivity index (χ0) is 15.2. The molecule has 2 N–H and O–H groups in total. The van der Waals surface area contributed by atoms with Crippen LogP contribution in [-0.4, -0.2) is 22.9 Å². The van der Waals surface area contributed by atoms with E-state index in [2.05, 4.69) is 31.1 Å². The molecule has 0 spiro atoms. The van der Waals surface area contributed by atoms with Gasteiger partial charge in [0.1, 0.15) is 12.4 Å². The summed E-state index contributed by atoms with van der Waals surface area (Å²) < 4.78 is 6.70. The van der Waals surface area contributed by atoms with Crippen molar-refractivity contribution in [1.29, 1.82) is 0 Å². The first-order valence-corrected chi connectivity index (χ1v) is 7.09. The first-order chi connectivity index (χ1) is 10.1. The van der Waals surface area contributed by atoms with Crippen molar-refractivity contribution in [3.05, 3.63) is 58.0 Å². The summed E-state index contributed by atoms with van der Waals surface area (Å²) in [4.78, 5) is 12.0. The van der Waals surface area contributed by atoms with E-state index >= 15 is 0 Å². The van der Waals surface area contributed by atoms with Gasteiger partial charge in [-0.3, -0.25) is 4.79 Å². The lowest BCUT2D eigenvalue weighted by molar-refractivity contribution is 0.324. The molecule has 1 aromatic carbocycles. The first kappa shape index (κ1) is 15.3. The summed E-state index contributed by atoms with van der Waals surface area (Å²) in [7, 11) is 0. The molecule has 0 aliphatic carbocycles. The molecule has 0 saturated carbocycles. The largest absolute Gasteiger partial charge is 0.490 e. The molecule has 0 amide bonds. The molecule has 2 aromatic rings. The van der Waals surface area contributed by atoms with Crippen LogP contribution in [0.3, 0.4) is 0 Å². The third-order valence-electron chi connectivity index (χ3n) is 3.21. The van der Waals surface area contributed by atoms with Gasteiger partial charge in [-0.1, -0.05) is 38.1 Å². The van der Waals surface area contributed by atoms with Crippen LogP contribution in [0.4, 0.5) is 0 Å². The summed E-state index contributed by atoms with van der Waals surface area (Å²) in [6.45, 7) is 5.55. The molecule has 2 rings (SSSR count). The molecule has 0 saturated heterocycles. The molecule has 0 fully saturated rings. The molecule has 0 bridgehead atoms. The van der Waals surface area contributed by atoms with E-state index in [-0.39, 0.29) is 5.56 Å². The molecule has 1 heterocycles. The van der Waals surface area contributed by atoms with Gasteiger partial charge in [0.2, 0.25) is 0 Å². The maximum absolute atomic E-state index is 12.0. The van der Waals surface area contributed by atoms with Gasteiger partial charge < -0.3 is 10.5 Å². The van der Waals surface area contributed by atoms with Gasteiger partial charge in [-0.25, -0.2) is 4.68 Å². The van der Waals surface area contributed by atoms with Crippen molar-refractivity contribution >= 4 is 0 Å². The zero-order valence-electron chi connectivity index (χ0n) is 12.5. The summed E-state index contributed by atoms with van der Waals surface area (Å²) in [5, 5.41) is 4.12. The van der Waals surface area contributed by atoms with Crippen LogP contribution in [0.25, 0.3) is 0 Å². The van der Waals surface area contributed by atoms with Crippen molar-refractivity contribution in [2.45, 2.75) is 26.3 Å². The van der Waals surface area contributed by atoms with Gasteiger partial charge in [0.15, 0.2) is 0 Å². The van der Waals surface area contributed by atoms with E-state index in [4.69, 9.17) is 10.5 Å². The Balaban J connectivity index is 2.10. The quantitative estimate of drug-likeness (QED) is 0.878. The van der Waals surface area contributed by atoms with Gasteiger partial charge in [-0.05, 0) is 17.0 Å². The summed E-state index contributed by atoms with van der Waals surface area (Å²) in [5.41, 5.74) is 7.50. The second kappa shape index (κ2) is 7.04. The van der Waals surface area contributed by atoms with Crippen LogP contribution >= 0.6 is 0 Å². The minimum absolute atomic E-state index is 0.183. The third-order valence-corrected chi connectivity index (χ3v) is 3.21. The second-order valence-corrected chi connectivity index (χ2v) is 5.22. The predicted octanol–water partition coefficient (Wildman–Crippen LogP) is 1.75. The normalized spacial score (nSPS) is 10.9. The van der Waals surface area contributed by atoms with Gasteiger partial charge >= 0.3 is 0 Å². The highest BCUT2D eigenvalue weighted by Crippen LogP contribution is 2.15. The van der Waals surface area contributed by atoms with Crippen molar-refractivity contribution < 1.29 is 4.74 Å². The molecule has 1 aromatic heterocycles. The standard InChI is InChI=1S/C16H21N3O2/c1-12(2)14-5-3-13(4-6-14)11-19-16(20)9-15(10-18-19)21-8-7-17/h3-6,9-10,12H,7-8,11,17H2,1-2H3. The SMILES string of the molecule is CC(C)c1ccc(Cn2ncc(OCCN)cc2=O)cc1. The number of hydrogen-bond donors (Lipinski definition) is 1. The van der Waals surface area contributed by atoms with Crippen LogP contribution < -0.4 is 16.0 Å². The van der Waals surface area contributed by atoms with Crippen LogP contribution in [0.1, 0.15) is 30.9 Å². The molecule has 0 aliphatic rings. The highest BCUT2D eigenvalue weighted by molar-refractivity contribution is 5.25. The van der Waals surface area contributed by atoms with Gasteiger partial charge in [0, 0.05) is 12.6 Å². The Morgan fingerprint density at radius 1 is 1.29 bits per heavy atom. The van der Waals surface area contributed by atoms with Gasteiger partial charge in [0.05, 0.1) is 12.7 Å². The Labute approximate surface area is 124 Å². The fourth-order valence-corrected chi connectivity index (χ4v) is 1.97. The third kappa shape index (κ3) is 4.16. The van der Waals surface area contributed by atoms with Crippen LogP contribution in [0.5, 0.6) is 5.75 Å². The van der Waals surface area contributed by atoms with Gasteiger partial charge in [0.25, 0.3) is 5.56 Å². The Morgan fingerprint density at radius 3 is 2.57 bits per heavy atom. The van der Waals surface area contributed by atoms with Crippen LogP contribution in [0.2, 0.25) is 0 Å². The maximum Gasteiger partial charge on any atom is 0.270 e. The van der Waals surface area contributed by atoms with Crippen molar-refractivity contribution in [2.24, 2.45) is 5.73 Å². The molecule has 0 aliphatic heterocycles. The predicted molar refractivity (Wildman–Crippen MR) is 82.7 cm³/mol. The Hall–Kier alpha value is -2.14. The van der Waals surface area contributed by atoms with E-state index in [1.165, 1.54) is 16.3 Å². The van der Waals surface area contributed by atoms with E-state index in [9.17, 15) is 4.79 Å². The monoisotopic (exact) mass is 287 g/mol. The van der Waals surface area contributed by atoms with Crippen LogP contribution in [-0.2, 0) is 6.54 Å². The fraction of sp³-hybridized carbons (Fsp3) is 0.375. The highest BCUT2D eigenvalue weighted by atomic mass is 16.5. The van der Waals surface area contributed by atoms with E-state index in [0.29, 0.717) is 31.4 Å². The number of hydrogen-bond acceptors (Lipinski definition) is 4. The highest BCUT2D eigenvalue weighted by Gasteiger charge is 2.03. The van der Waals surface area contributed by atoms with Crippen molar-refractivity contribution in [2.75, 3.05) is 13.2 Å². The molecule has 21 heavy (non-hydrogen) atoms. The smallest absolute Gasteiger partial charge is 0.270 e. The van der Waals surface area contributed by atoms with Gasteiger partial charge in [-0.2, -0.15) is 5.10 Å². The first-order valence-electron chi connectivity index (χ1n) is 7.09. The number of nitrogens with two attached hydrogens (primary N) is 1. The van der Waals surface area contributed by atoms with E-state index in [1.807, 2.05) is 12.1 Å². The molecule has 112 valence electrons. The zero-order valence-corrected chi connectivity index (χ0v) is 12.5. The van der Waals surface area contributed by atoms with Gasteiger partial charge in [-0.15, -0.1) is 0 Å². The Kier molecular flexibility index (Phi) is 5.11. The summed E-state index contributed by atoms with van der Waals surface area (Å²) in [6.07, 6.45) is 1.54. The van der Waals surface area contributed by atoms with E-state index in [1.54, 1.807) is 6.20 Å². The lowest BCUT2D eigenvalue weighted by atomic mass is 10.0. The number of benzene rings is 1. The average Bonchev–Trinajstić information content (AvgIpc) is 2.48. The van der Waals surface area contributed by atoms with E-state index < -0.39 is 0 Å². The van der Waals surface area contributed by atoms with Crippen molar-refractivity contribution in [3.8, 4) is 5.75 Å². The topological polar surface area (TPSA) is 70.1 Å². The molecule has 5 nitrogen and oxygen atoms in total. The lowest BCUT2D eigenvalue weighted by Crippen LogP contribution is -2.23. The molecule has 0 atom stereocenters. The summed E-state index contributed by atoms with van der Waals surface area (Å²) in [6, 6.07) is 9.67. The average molecular weight is 287 g/mol. The minimum Gasteiger partial charge on any atom is -0.490 e. The molecular formula is C16H21N3O2. The van der Waals surface area contributed by atoms with Crippen LogP contribution in [0.15, 0.2) is 41.3 Å². The molecule has 5 heteroatoms. The molecular weight excluding hydrogens is 266 g/mol. The fourth-order valence-electron chi connectivity index (χ4n) is 1.97. The van der Waals surface area contributed by atoms with E-state index in [0.717, 1.165) is 5.56 Å². The maximum atomic E-state index is 12.0. The molecule has 0 radical (unpaired) electrons. The Morgan fingerprint density at radius 2 is 2.00 bits per heavy atom. The van der Waals surface area contributed by atoms with Crippen LogP contribution in [0, 0.1) is 0 Å². The number of rotatable bonds is 6. The summed E-state index contributed by atoms with van der Waals surface area (Å²) >= 11 is 0. The number of ether oxygens (including phenoxy) is 1. The number of aromatic nitrogens is 2. The molecule has 0 unspecified atom stereocenters. The second-order valence-electron chi connectivity index (χ2n) is 5.22. The van der Waals surface area contributed by atoms with Crippen molar-refractivity contribution in [1.82, 2.24) is 9.78 Å². The lowest BCUT2D eigenvalue weighted by Gasteiger charge is -2.09. The summed E-state index contributed by atoms with van der Waals surface area (Å²) in [5.74, 6) is 0.954. The number of nitrogens with zero attached hydrogens (tertiary/aromatic N) is 2. The minimum atomic E-state index is -0.183.